The van der Waals surface area contributed by atoms with E-state index in [1.165, 1.54) is 29.2 Å². The Labute approximate surface area is 155 Å². The van der Waals surface area contributed by atoms with Crippen LogP contribution in [0.15, 0.2) is 47.4 Å². The van der Waals surface area contributed by atoms with Gasteiger partial charge in [-0.1, -0.05) is 12.1 Å². The van der Waals surface area contributed by atoms with Crippen molar-refractivity contribution in [2.24, 2.45) is 5.73 Å². The number of aryl methyl sites for hydroxylation is 1. The lowest BCUT2D eigenvalue weighted by Crippen LogP contribution is -2.39. The second-order valence-electron chi connectivity index (χ2n) is 6.38. The zero-order valence-corrected chi connectivity index (χ0v) is 16.3. The minimum Gasteiger partial charge on any atom is -0.338 e. The molecule has 0 aliphatic heterocycles. The van der Waals surface area contributed by atoms with Crippen LogP contribution in [-0.4, -0.2) is 38.9 Å². The van der Waals surface area contributed by atoms with Crippen LogP contribution in [-0.2, 0) is 10.0 Å². The van der Waals surface area contributed by atoms with Crippen molar-refractivity contribution in [1.82, 2.24) is 4.90 Å². The van der Waals surface area contributed by atoms with Crippen LogP contribution in [0.25, 0.3) is 0 Å². The van der Waals surface area contributed by atoms with Crippen molar-refractivity contribution in [1.29, 1.82) is 0 Å². The summed E-state index contributed by atoms with van der Waals surface area (Å²) in [7, 11) is -2.06. The molecule has 1 unspecified atom stereocenters. The van der Waals surface area contributed by atoms with Crippen LogP contribution in [0.5, 0.6) is 0 Å². The number of carbonyl (C=O) groups is 1. The van der Waals surface area contributed by atoms with Crippen LogP contribution in [0.1, 0.15) is 28.4 Å². The van der Waals surface area contributed by atoms with E-state index in [0.717, 1.165) is 11.1 Å². The zero-order valence-electron chi connectivity index (χ0n) is 15.5. The minimum atomic E-state index is -3.73. The van der Waals surface area contributed by atoms with Gasteiger partial charge in [-0.2, -0.15) is 0 Å². The fourth-order valence-electron chi connectivity index (χ4n) is 2.40. The molecule has 0 radical (unpaired) electrons. The summed E-state index contributed by atoms with van der Waals surface area (Å²) in [6.45, 7) is 6.00. The first-order valence-corrected chi connectivity index (χ1v) is 9.82. The normalized spacial score (nSPS) is 12.5. The van der Waals surface area contributed by atoms with Crippen molar-refractivity contribution < 1.29 is 13.2 Å². The number of carbonyl (C=O) groups excluding carboxylic acids is 1. The second kappa shape index (κ2) is 7.88. The molecular formula is C19H25N3O3S. The van der Waals surface area contributed by atoms with Gasteiger partial charge < -0.3 is 10.6 Å². The Morgan fingerprint density at radius 1 is 1.15 bits per heavy atom. The number of amides is 1. The lowest BCUT2D eigenvalue weighted by molar-refractivity contribution is 0.0748. The lowest BCUT2D eigenvalue weighted by atomic mass is 10.1. The number of nitrogens with one attached hydrogen (secondary N) is 1. The van der Waals surface area contributed by atoms with E-state index < -0.39 is 10.0 Å². The third-order valence-corrected chi connectivity index (χ3v) is 5.96. The monoisotopic (exact) mass is 375 g/mol. The van der Waals surface area contributed by atoms with Crippen molar-refractivity contribution in [3.05, 3.63) is 59.2 Å². The molecule has 26 heavy (non-hydrogen) atoms. The highest BCUT2D eigenvalue weighted by Crippen LogP contribution is 2.22. The van der Waals surface area contributed by atoms with Gasteiger partial charge in [-0.25, -0.2) is 8.42 Å². The predicted octanol–water partition coefficient (Wildman–Crippen LogP) is 2.52. The summed E-state index contributed by atoms with van der Waals surface area (Å²) in [4.78, 5) is 14.0. The number of sulfonamides is 1. The average Bonchev–Trinajstić information content (AvgIpc) is 2.63. The van der Waals surface area contributed by atoms with Crippen LogP contribution in [0.3, 0.4) is 0 Å². The molecule has 0 fully saturated rings. The number of benzene rings is 2. The van der Waals surface area contributed by atoms with E-state index in [2.05, 4.69) is 4.72 Å². The maximum Gasteiger partial charge on any atom is 0.261 e. The summed E-state index contributed by atoms with van der Waals surface area (Å²) in [5.41, 5.74) is 8.42. The summed E-state index contributed by atoms with van der Waals surface area (Å²) in [6, 6.07) is 11.2. The standard InChI is InChI=1S/C19H25N3O3S/c1-13-6-5-7-18(15(13)3)21-26(24,25)17-10-8-16(9-11-17)19(23)22(4)14(2)12-20/h5-11,14,21H,12,20H2,1-4H3. The topological polar surface area (TPSA) is 92.5 Å². The molecule has 2 rings (SSSR count). The third kappa shape index (κ3) is 4.23. The van der Waals surface area contributed by atoms with Gasteiger partial charge in [0.25, 0.3) is 15.9 Å². The van der Waals surface area contributed by atoms with Crippen molar-refractivity contribution in [2.45, 2.75) is 31.7 Å². The molecular weight excluding hydrogens is 350 g/mol. The molecule has 2 aromatic carbocycles. The van der Waals surface area contributed by atoms with E-state index in [1.54, 1.807) is 19.2 Å². The summed E-state index contributed by atoms with van der Waals surface area (Å²) in [6.07, 6.45) is 0. The fraction of sp³-hybridized carbons (Fsp3) is 0.316. The zero-order chi connectivity index (χ0) is 19.5. The van der Waals surface area contributed by atoms with Crippen LogP contribution < -0.4 is 10.5 Å². The third-order valence-electron chi connectivity index (χ3n) is 4.58. The van der Waals surface area contributed by atoms with Crippen LogP contribution in [0.2, 0.25) is 0 Å². The molecule has 2 aromatic rings. The summed E-state index contributed by atoms with van der Waals surface area (Å²) >= 11 is 0. The summed E-state index contributed by atoms with van der Waals surface area (Å²) < 4.78 is 27.8. The van der Waals surface area contributed by atoms with Gasteiger partial charge in [0, 0.05) is 25.2 Å². The number of hydrogen-bond donors (Lipinski definition) is 2. The molecule has 140 valence electrons. The molecule has 1 atom stereocenters. The van der Waals surface area contributed by atoms with E-state index >= 15 is 0 Å². The Balaban J connectivity index is 2.24. The number of likely N-dealkylation sites (N-methyl/N-ethyl adjacent to an activating group) is 1. The Bertz CT molecular complexity index is 893. The van der Waals surface area contributed by atoms with E-state index in [-0.39, 0.29) is 16.8 Å². The second-order valence-corrected chi connectivity index (χ2v) is 8.06. The molecule has 0 aromatic heterocycles. The van der Waals surface area contributed by atoms with E-state index in [9.17, 15) is 13.2 Å². The maximum absolute atomic E-state index is 12.6. The first kappa shape index (κ1) is 19.9. The average molecular weight is 375 g/mol. The van der Waals surface area contributed by atoms with Crippen molar-refractivity contribution >= 4 is 21.6 Å². The Morgan fingerprint density at radius 2 is 1.77 bits per heavy atom. The largest absolute Gasteiger partial charge is 0.338 e. The smallest absolute Gasteiger partial charge is 0.261 e. The number of nitrogens with two attached hydrogens (primary N) is 1. The van der Waals surface area contributed by atoms with Crippen molar-refractivity contribution in [2.75, 3.05) is 18.3 Å². The fourth-order valence-corrected chi connectivity index (χ4v) is 3.53. The Hall–Kier alpha value is -2.38. The van der Waals surface area contributed by atoms with Gasteiger partial charge in [0.1, 0.15) is 0 Å². The van der Waals surface area contributed by atoms with Crippen molar-refractivity contribution in [3.8, 4) is 0 Å². The van der Waals surface area contributed by atoms with Crippen molar-refractivity contribution in [3.63, 3.8) is 0 Å². The van der Waals surface area contributed by atoms with E-state index in [1.807, 2.05) is 26.8 Å². The molecule has 1 amide bonds. The highest BCUT2D eigenvalue weighted by Gasteiger charge is 2.19. The number of anilines is 1. The molecule has 0 aliphatic rings. The van der Waals surface area contributed by atoms with Gasteiger partial charge in [0.05, 0.1) is 10.6 Å². The lowest BCUT2D eigenvalue weighted by Gasteiger charge is -2.23. The van der Waals surface area contributed by atoms with Gasteiger partial charge >= 0.3 is 0 Å². The molecule has 7 heteroatoms. The minimum absolute atomic E-state index is 0.100. The molecule has 0 aliphatic carbocycles. The molecule has 0 saturated carbocycles. The quantitative estimate of drug-likeness (QED) is 0.811. The Morgan fingerprint density at radius 3 is 2.35 bits per heavy atom. The first-order chi connectivity index (χ1) is 12.2. The van der Waals surface area contributed by atoms with Gasteiger partial charge in [-0.3, -0.25) is 9.52 Å². The van der Waals surface area contributed by atoms with Crippen LogP contribution in [0, 0.1) is 13.8 Å². The molecule has 0 saturated heterocycles. The highest BCUT2D eigenvalue weighted by atomic mass is 32.2. The molecule has 0 heterocycles. The molecule has 3 N–H and O–H groups in total. The van der Waals surface area contributed by atoms with Crippen LogP contribution in [0.4, 0.5) is 5.69 Å². The molecule has 6 nitrogen and oxygen atoms in total. The Kier molecular flexibility index (Phi) is 6.05. The first-order valence-electron chi connectivity index (χ1n) is 8.33. The number of hydrogen-bond acceptors (Lipinski definition) is 4. The highest BCUT2D eigenvalue weighted by molar-refractivity contribution is 7.92. The van der Waals surface area contributed by atoms with Gasteiger partial charge in [-0.15, -0.1) is 0 Å². The van der Waals surface area contributed by atoms with E-state index in [4.69, 9.17) is 5.73 Å². The number of nitrogens with zero attached hydrogens (tertiary/aromatic N) is 1. The SMILES string of the molecule is Cc1cccc(NS(=O)(=O)c2ccc(C(=O)N(C)C(C)CN)cc2)c1C. The summed E-state index contributed by atoms with van der Waals surface area (Å²) in [5, 5.41) is 0. The van der Waals surface area contributed by atoms with Crippen LogP contribution >= 0.6 is 0 Å². The molecule has 0 spiro atoms. The van der Waals surface area contributed by atoms with Gasteiger partial charge in [0.2, 0.25) is 0 Å². The summed E-state index contributed by atoms with van der Waals surface area (Å²) in [5.74, 6) is -0.200. The predicted molar refractivity (Wildman–Crippen MR) is 104 cm³/mol. The van der Waals surface area contributed by atoms with Gasteiger partial charge in [-0.05, 0) is 62.2 Å². The molecule has 0 bridgehead atoms. The van der Waals surface area contributed by atoms with Gasteiger partial charge in [0.15, 0.2) is 0 Å². The number of rotatable bonds is 6. The van der Waals surface area contributed by atoms with E-state index in [0.29, 0.717) is 17.8 Å². The maximum atomic E-state index is 12.6.